The first-order valence-corrected chi connectivity index (χ1v) is 11.5. The normalized spacial score (nSPS) is 15.4. The summed E-state index contributed by atoms with van der Waals surface area (Å²) in [6, 6.07) is 19.7. The van der Waals surface area contributed by atoms with Crippen LogP contribution in [0, 0.1) is 6.92 Å². The predicted molar refractivity (Wildman–Crippen MR) is 133 cm³/mol. The maximum atomic E-state index is 12.9. The van der Waals surface area contributed by atoms with Crippen LogP contribution < -0.4 is 19.5 Å². The van der Waals surface area contributed by atoms with Crippen molar-refractivity contribution in [1.29, 1.82) is 0 Å². The Morgan fingerprint density at radius 3 is 2.35 bits per heavy atom. The summed E-state index contributed by atoms with van der Waals surface area (Å²) in [6.07, 6.45) is 0.907. The topological polar surface area (TPSA) is 60.0 Å². The van der Waals surface area contributed by atoms with Crippen molar-refractivity contribution in [3.05, 3.63) is 88.5 Å². The Labute approximate surface area is 201 Å². The molecule has 3 aromatic rings. The van der Waals surface area contributed by atoms with Crippen molar-refractivity contribution in [2.24, 2.45) is 0 Å². The van der Waals surface area contributed by atoms with E-state index in [1.54, 1.807) is 45.6 Å². The average Bonchev–Trinajstić information content (AvgIpc) is 2.88. The second-order valence-electron chi connectivity index (χ2n) is 8.51. The van der Waals surface area contributed by atoms with Crippen LogP contribution in [0.2, 0.25) is 0 Å². The molecule has 0 bridgehead atoms. The first-order chi connectivity index (χ1) is 16.5. The Hall–Kier alpha value is -3.51. The Morgan fingerprint density at radius 1 is 0.971 bits per heavy atom. The number of methoxy groups -OCH3 is 3. The Morgan fingerprint density at radius 2 is 1.68 bits per heavy atom. The zero-order chi connectivity index (χ0) is 24.1. The number of ether oxygens (including phenoxy) is 3. The van der Waals surface area contributed by atoms with Crippen LogP contribution in [-0.4, -0.2) is 45.2 Å². The fourth-order valence-corrected chi connectivity index (χ4v) is 4.55. The molecule has 6 heteroatoms. The third kappa shape index (κ3) is 5.02. The molecule has 0 spiro atoms. The zero-order valence-electron chi connectivity index (χ0n) is 20.3. The van der Waals surface area contributed by atoms with Gasteiger partial charge in [0, 0.05) is 25.2 Å². The number of nitrogens with zero attached hydrogens (tertiary/aromatic N) is 1. The number of fused-ring (bicyclic) bond motifs is 1. The van der Waals surface area contributed by atoms with E-state index >= 15 is 0 Å². The van der Waals surface area contributed by atoms with Gasteiger partial charge < -0.3 is 19.5 Å². The van der Waals surface area contributed by atoms with E-state index in [-0.39, 0.29) is 11.9 Å². The molecule has 1 atom stereocenters. The van der Waals surface area contributed by atoms with E-state index < -0.39 is 0 Å². The molecule has 1 N–H and O–H groups in total. The van der Waals surface area contributed by atoms with Crippen molar-refractivity contribution >= 4 is 5.91 Å². The van der Waals surface area contributed by atoms with Gasteiger partial charge in [0.25, 0.3) is 5.91 Å². The van der Waals surface area contributed by atoms with Crippen LogP contribution in [0.3, 0.4) is 0 Å². The van der Waals surface area contributed by atoms with E-state index in [1.807, 2.05) is 0 Å². The number of aryl methyl sites for hydroxylation is 1. The second-order valence-corrected chi connectivity index (χ2v) is 8.51. The van der Waals surface area contributed by atoms with Gasteiger partial charge in [-0.1, -0.05) is 24.3 Å². The van der Waals surface area contributed by atoms with E-state index in [2.05, 4.69) is 53.5 Å². The molecule has 0 aromatic heterocycles. The minimum absolute atomic E-state index is 0.00496. The minimum Gasteiger partial charge on any atom is -0.497 e. The number of carbonyl (C=O) groups is 1. The lowest BCUT2D eigenvalue weighted by molar-refractivity contribution is 0.0925. The molecule has 1 amide bonds. The number of nitrogens with one attached hydrogen (secondary N) is 1. The fraction of sp³-hybridized carbons (Fsp3) is 0.321. The molecule has 0 saturated heterocycles. The Balaban J connectivity index is 1.62. The first-order valence-electron chi connectivity index (χ1n) is 11.5. The molecule has 0 saturated carbocycles. The second kappa shape index (κ2) is 10.6. The number of amides is 1. The number of benzene rings is 3. The highest BCUT2D eigenvalue weighted by Gasteiger charge is 2.30. The molecule has 3 aromatic carbocycles. The van der Waals surface area contributed by atoms with Crippen molar-refractivity contribution in [3.63, 3.8) is 0 Å². The van der Waals surface area contributed by atoms with Crippen molar-refractivity contribution in [3.8, 4) is 17.2 Å². The Kier molecular flexibility index (Phi) is 7.38. The van der Waals surface area contributed by atoms with Gasteiger partial charge in [-0.05, 0) is 72.0 Å². The molecular formula is C28H32N2O4. The van der Waals surface area contributed by atoms with Gasteiger partial charge >= 0.3 is 0 Å². The van der Waals surface area contributed by atoms with E-state index in [1.165, 1.54) is 16.7 Å². The molecule has 1 aliphatic heterocycles. The number of hydrogen-bond acceptors (Lipinski definition) is 5. The third-order valence-corrected chi connectivity index (χ3v) is 6.56. The molecule has 6 nitrogen and oxygen atoms in total. The van der Waals surface area contributed by atoms with E-state index in [0.717, 1.165) is 36.6 Å². The largest absolute Gasteiger partial charge is 0.497 e. The highest BCUT2D eigenvalue weighted by molar-refractivity contribution is 5.94. The van der Waals surface area contributed by atoms with Crippen LogP contribution >= 0.6 is 0 Å². The van der Waals surface area contributed by atoms with Gasteiger partial charge in [0.15, 0.2) is 11.5 Å². The summed E-state index contributed by atoms with van der Waals surface area (Å²) in [4.78, 5) is 15.4. The molecule has 0 radical (unpaired) electrons. The molecule has 178 valence electrons. The average molecular weight is 461 g/mol. The molecule has 1 aliphatic rings. The predicted octanol–water partition coefficient (Wildman–Crippen LogP) is 4.55. The highest BCUT2D eigenvalue weighted by Crippen LogP contribution is 2.38. The van der Waals surface area contributed by atoms with Gasteiger partial charge in [-0.25, -0.2) is 0 Å². The summed E-state index contributed by atoms with van der Waals surface area (Å²) in [5.41, 5.74) is 5.55. The van der Waals surface area contributed by atoms with Gasteiger partial charge in [-0.2, -0.15) is 0 Å². The van der Waals surface area contributed by atoms with E-state index in [9.17, 15) is 4.79 Å². The van der Waals surface area contributed by atoms with Gasteiger partial charge in [0.1, 0.15) is 5.75 Å². The summed E-state index contributed by atoms with van der Waals surface area (Å²) >= 11 is 0. The molecule has 0 aliphatic carbocycles. The molecular weight excluding hydrogens is 428 g/mol. The quantitative estimate of drug-likeness (QED) is 0.534. The number of carbonyl (C=O) groups excluding carboxylic acids is 1. The van der Waals surface area contributed by atoms with Gasteiger partial charge in [0.05, 0.1) is 27.4 Å². The third-order valence-electron chi connectivity index (χ3n) is 6.56. The summed E-state index contributed by atoms with van der Waals surface area (Å²) in [7, 11) is 4.92. The number of hydrogen-bond donors (Lipinski definition) is 1. The smallest absolute Gasteiger partial charge is 0.251 e. The maximum absolute atomic E-state index is 12.9. The summed E-state index contributed by atoms with van der Waals surface area (Å²) in [5.74, 6) is 2.05. The van der Waals surface area contributed by atoms with Crippen molar-refractivity contribution in [1.82, 2.24) is 10.2 Å². The van der Waals surface area contributed by atoms with E-state index in [4.69, 9.17) is 14.2 Å². The van der Waals surface area contributed by atoms with Crippen molar-refractivity contribution < 1.29 is 19.0 Å². The van der Waals surface area contributed by atoms with Gasteiger partial charge in [-0.3, -0.25) is 9.69 Å². The van der Waals surface area contributed by atoms with Crippen LogP contribution in [0.1, 0.15) is 38.7 Å². The standard InChI is InChI=1S/C28H32N2O4/c1-19-7-5-6-8-22(19)18-30-14-13-21-15-26(33-3)27(34-4)16-24(21)25(30)17-29-28(31)20-9-11-23(32-2)12-10-20/h5-12,15-16,25H,13-14,17-18H2,1-4H3,(H,29,31). The maximum Gasteiger partial charge on any atom is 0.251 e. The van der Waals surface area contributed by atoms with Crippen LogP contribution in [0.5, 0.6) is 17.2 Å². The number of rotatable bonds is 8. The lowest BCUT2D eigenvalue weighted by Gasteiger charge is -2.38. The van der Waals surface area contributed by atoms with Crippen LogP contribution in [0.15, 0.2) is 60.7 Å². The summed E-state index contributed by atoms with van der Waals surface area (Å²) in [5, 5.41) is 3.15. The van der Waals surface area contributed by atoms with E-state index in [0.29, 0.717) is 17.9 Å². The van der Waals surface area contributed by atoms with Crippen LogP contribution in [0.25, 0.3) is 0 Å². The first kappa shape index (κ1) is 23.6. The van der Waals surface area contributed by atoms with Crippen LogP contribution in [0.4, 0.5) is 0 Å². The Bertz CT molecular complexity index is 1140. The lowest BCUT2D eigenvalue weighted by Crippen LogP contribution is -2.42. The molecule has 1 unspecified atom stereocenters. The SMILES string of the molecule is COc1ccc(C(=O)NCC2c3cc(OC)c(OC)cc3CCN2Cc2ccccc2C)cc1. The lowest BCUT2D eigenvalue weighted by atomic mass is 9.91. The summed E-state index contributed by atoms with van der Waals surface area (Å²) in [6.45, 7) is 4.32. The molecule has 4 rings (SSSR count). The fourth-order valence-electron chi connectivity index (χ4n) is 4.55. The monoisotopic (exact) mass is 460 g/mol. The van der Waals surface area contributed by atoms with Crippen LogP contribution in [-0.2, 0) is 13.0 Å². The molecule has 34 heavy (non-hydrogen) atoms. The zero-order valence-corrected chi connectivity index (χ0v) is 20.3. The minimum atomic E-state index is -0.105. The summed E-state index contributed by atoms with van der Waals surface area (Å²) < 4.78 is 16.3. The van der Waals surface area contributed by atoms with Crippen molar-refractivity contribution in [2.75, 3.05) is 34.4 Å². The van der Waals surface area contributed by atoms with Gasteiger partial charge in [0.2, 0.25) is 0 Å². The molecule has 1 heterocycles. The van der Waals surface area contributed by atoms with Gasteiger partial charge in [-0.15, -0.1) is 0 Å². The van der Waals surface area contributed by atoms with Crippen molar-refractivity contribution in [2.45, 2.75) is 25.9 Å². The highest BCUT2D eigenvalue weighted by atomic mass is 16.5. The molecule has 0 fully saturated rings.